The summed E-state index contributed by atoms with van der Waals surface area (Å²) in [7, 11) is -15.3. The maximum Gasteiger partial charge on any atom is 0.490 e. The van der Waals surface area contributed by atoms with Gasteiger partial charge in [-0.1, -0.05) is 6.08 Å². The highest BCUT2D eigenvalue weighted by Gasteiger charge is 2.41. The Morgan fingerprint density at radius 1 is 1.00 bits per heavy atom. The van der Waals surface area contributed by atoms with Crippen LogP contribution >= 0.6 is 23.5 Å². The van der Waals surface area contributed by atoms with Gasteiger partial charge in [-0.2, -0.15) is 8.62 Å². The van der Waals surface area contributed by atoms with Crippen molar-refractivity contribution in [1.82, 2.24) is 0 Å². The first-order valence-corrected chi connectivity index (χ1v) is 9.88. The lowest BCUT2D eigenvalue weighted by Crippen LogP contribution is -1.99. The molecule has 0 spiro atoms. The third kappa shape index (κ3) is 10.5. The molecule has 11 nitrogen and oxygen atoms in total. The number of hydrogen-bond donors (Lipinski definition) is 4. The fourth-order valence-electron chi connectivity index (χ4n) is 0.824. The zero-order valence-electron chi connectivity index (χ0n) is 11.2. The Hall–Kier alpha value is 0.110. The van der Waals surface area contributed by atoms with E-state index in [1.54, 1.807) is 0 Å². The lowest BCUT2D eigenvalue weighted by molar-refractivity contribution is 0.166. The van der Waals surface area contributed by atoms with Crippen molar-refractivity contribution in [2.75, 3.05) is 19.8 Å². The maximum absolute atomic E-state index is 11.3. The van der Waals surface area contributed by atoms with E-state index in [0.717, 1.165) is 0 Å². The van der Waals surface area contributed by atoms with Crippen LogP contribution in [-0.2, 0) is 31.4 Å². The van der Waals surface area contributed by atoms with E-state index in [1.807, 2.05) is 0 Å². The van der Waals surface area contributed by atoms with Gasteiger partial charge in [0.25, 0.3) is 0 Å². The van der Waals surface area contributed by atoms with Crippen LogP contribution in [0, 0.1) is 0 Å². The minimum atomic E-state index is -5.38. The molecule has 0 fully saturated rings. The van der Waals surface area contributed by atoms with Crippen molar-refractivity contribution in [1.29, 1.82) is 0 Å². The summed E-state index contributed by atoms with van der Waals surface area (Å²) in [6, 6.07) is 0. The van der Waals surface area contributed by atoms with Crippen LogP contribution in [0.5, 0.6) is 0 Å². The Bertz CT molecular complexity index is 500. The summed E-state index contributed by atoms with van der Waals surface area (Å²) in [5.74, 6) is 0. The third-order valence-electron chi connectivity index (χ3n) is 1.62. The standard InChI is InChI=1S/C7H17O11P3/c1-3-15-19(9,10)17-21(13,14)18-20(11,12)16-5-4-7(2)6-8/h4,8H,3,5-6H2,1-2H3,(H,9,10)(H,11,12)(H,13,14)/b7-4+. The van der Waals surface area contributed by atoms with Gasteiger partial charge in [0.2, 0.25) is 0 Å². The summed E-state index contributed by atoms with van der Waals surface area (Å²) in [6.45, 7) is 1.67. The molecule has 0 saturated carbocycles. The molecule has 0 aliphatic rings. The van der Waals surface area contributed by atoms with E-state index in [1.165, 1.54) is 19.9 Å². The molecule has 0 aliphatic heterocycles. The van der Waals surface area contributed by atoms with Crippen LogP contribution in [0.25, 0.3) is 0 Å². The monoisotopic (exact) mass is 370 g/mol. The lowest BCUT2D eigenvalue weighted by atomic mass is 10.3. The van der Waals surface area contributed by atoms with E-state index >= 15 is 0 Å². The highest BCUT2D eigenvalue weighted by molar-refractivity contribution is 7.66. The van der Waals surface area contributed by atoms with Crippen molar-refractivity contribution in [3.05, 3.63) is 11.6 Å². The Morgan fingerprint density at radius 3 is 1.90 bits per heavy atom. The minimum absolute atomic E-state index is 0.313. The Morgan fingerprint density at radius 2 is 1.48 bits per heavy atom. The van der Waals surface area contributed by atoms with Crippen LogP contribution in [0.3, 0.4) is 0 Å². The second-order valence-electron chi connectivity index (χ2n) is 3.49. The van der Waals surface area contributed by atoms with Gasteiger partial charge in [0, 0.05) is 0 Å². The van der Waals surface area contributed by atoms with Crippen LogP contribution in [0.15, 0.2) is 11.6 Å². The predicted octanol–water partition coefficient (Wildman–Crippen LogP) is 1.31. The van der Waals surface area contributed by atoms with E-state index in [-0.39, 0.29) is 13.2 Å². The topological polar surface area (TPSA) is 169 Å². The molecule has 0 aliphatic carbocycles. The highest BCUT2D eigenvalue weighted by Crippen LogP contribution is 2.67. The molecular formula is C7H17O11P3. The largest absolute Gasteiger partial charge is 0.490 e. The summed E-state index contributed by atoms with van der Waals surface area (Å²) in [6.07, 6.45) is 1.21. The molecule has 126 valence electrons. The first-order valence-electron chi connectivity index (χ1n) is 5.39. The van der Waals surface area contributed by atoms with Crippen molar-refractivity contribution in [3.8, 4) is 0 Å². The van der Waals surface area contributed by atoms with Gasteiger partial charge >= 0.3 is 23.5 Å². The molecule has 0 aromatic rings. The van der Waals surface area contributed by atoms with Crippen LogP contribution in [0.1, 0.15) is 13.8 Å². The van der Waals surface area contributed by atoms with E-state index in [4.69, 9.17) is 19.8 Å². The fraction of sp³-hybridized carbons (Fsp3) is 0.714. The second-order valence-corrected chi connectivity index (χ2v) is 8.13. The Kier molecular flexibility index (Phi) is 8.71. The van der Waals surface area contributed by atoms with Gasteiger partial charge in [-0.15, -0.1) is 0 Å². The van der Waals surface area contributed by atoms with Gasteiger partial charge in [0.05, 0.1) is 19.8 Å². The Labute approximate surface area is 121 Å². The summed E-state index contributed by atoms with van der Waals surface area (Å²) < 4.78 is 49.7. The first-order chi connectivity index (χ1) is 9.43. The number of rotatable bonds is 10. The highest BCUT2D eigenvalue weighted by atomic mass is 31.3. The molecule has 21 heavy (non-hydrogen) atoms. The van der Waals surface area contributed by atoms with Crippen molar-refractivity contribution >= 4 is 23.5 Å². The van der Waals surface area contributed by atoms with Crippen molar-refractivity contribution in [3.63, 3.8) is 0 Å². The van der Waals surface area contributed by atoms with Gasteiger partial charge < -0.3 is 19.8 Å². The first kappa shape index (κ1) is 21.1. The summed E-state index contributed by atoms with van der Waals surface area (Å²) >= 11 is 0. The van der Waals surface area contributed by atoms with E-state index in [2.05, 4.69) is 17.7 Å². The third-order valence-corrected chi connectivity index (χ3v) is 5.99. The zero-order chi connectivity index (χ0) is 16.7. The van der Waals surface area contributed by atoms with Gasteiger partial charge in [-0.05, 0) is 19.4 Å². The normalized spacial score (nSPS) is 21.3. The van der Waals surface area contributed by atoms with E-state index < -0.39 is 30.1 Å². The maximum atomic E-state index is 11.3. The van der Waals surface area contributed by atoms with Crippen molar-refractivity contribution in [2.24, 2.45) is 0 Å². The van der Waals surface area contributed by atoms with Gasteiger partial charge in [-0.25, -0.2) is 13.7 Å². The summed E-state index contributed by atoms with van der Waals surface area (Å²) in [5.41, 5.74) is 0.412. The molecule has 14 heteroatoms. The summed E-state index contributed by atoms with van der Waals surface area (Å²) in [5, 5.41) is 8.66. The molecule has 0 aromatic carbocycles. The van der Waals surface area contributed by atoms with Gasteiger partial charge in [0.1, 0.15) is 0 Å². The van der Waals surface area contributed by atoms with Crippen molar-refractivity contribution in [2.45, 2.75) is 13.8 Å². The number of hydrogen-bond acceptors (Lipinski definition) is 8. The number of phosphoric ester groups is 2. The number of aliphatic hydroxyl groups excluding tert-OH is 1. The molecule has 0 rings (SSSR count). The van der Waals surface area contributed by atoms with E-state index in [0.29, 0.717) is 5.57 Å². The molecular weight excluding hydrogens is 353 g/mol. The number of aliphatic hydroxyl groups is 1. The quantitative estimate of drug-likeness (QED) is 0.323. The predicted molar refractivity (Wildman–Crippen MR) is 70.1 cm³/mol. The number of phosphoric acid groups is 3. The van der Waals surface area contributed by atoms with Crippen LogP contribution in [-0.4, -0.2) is 39.6 Å². The van der Waals surface area contributed by atoms with Crippen molar-refractivity contribution < 1.29 is 51.2 Å². The molecule has 0 saturated heterocycles. The molecule has 0 radical (unpaired) electrons. The smallest absolute Gasteiger partial charge is 0.392 e. The second kappa shape index (κ2) is 8.67. The lowest BCUT2D eigenvalue weighted by Gasteiger charge is -2.17. The molecule has 0 aromatic heterocycles. The Balaban J connectivity index is 4.65. The van der Waals surface area contributed by atoms with Crippen LogP contribution in [0.4, 0.5) is 0 Å². The average Bonchev–Trinajstić information content (AvgIpc) is 2.24. The average molecular weight is 370 g/mol. The molecule has 4 N–H and O–H groups in total. The van der Waals surface area contributed by atoms with Gasteiger partial charge in [0.15, 0.2) is 0 Å². The van der Waals surface area contributed by atoms with E-state index in [9.17, 15) is 13.7 Å². The molecule has 0 amide bonds. The zero-order valence-corrected chi connectivity index (χ0v) is 13.9. The minimum Gasteiger partial charge on any atom is -0.392 e. The fourth-order valence-corrected chi connectivity index (χ4v) is 4.26. The molecule has 0 bridgehead atoms. The molecule has 0 heterocycles. The van der Waals surface area contributed by atoms with Crippen LogP contribution < -0.4 is 0 Å². The summed E-state index contributed by atoms with van der Waals surface area (Å²) in [4.78, 5) is 27.2. The van der Waals surface area contributed by atoms with Gasteiger partial charge in [-0.3, -0.25) is 9.05 Å². The SMILES string of the molecule is CCOP(=O)(O)OP(=O)(O)OP(=O)(O)OC/C=C(\C)CO. The molecule has 3 unspecified atom stereocenters. The molecule has 3 atom stereocenters. The van der Waals surface area contributed by atoms with Crippen LogP contribution in [0.2, 0.25) is 0 Å².